The van der Waals surface area contributed by atoms with Crippen LogP contribution in [-0.4, -0.2) is 5.91 Å². The van der Waals surface area contributed by atoms with Crippen molar-refractivity contribution in [2.45, 2.75) is 0 Å². The smallest absolute Gasteiger partial charge is 0.262 e. The van der Waals surface area contributed by atoms with E-state index >= 15 is 0 Å². The summed E-state index contributed by atoms with van der Waals surface area (Å²) in [5.41, 5.74) is 4.33. The van der Waals surface area contributed by atoms with Crippen molar-refractivity contribution in [3.8, 4) is 0 Å². The molecule has 0 atom stereocenters. The summed E-state index contributed by atoms with van der Waals surface area (Å²) < 4.78 is 1.02. The molecule has 4 heteroatoms. The van der Waals surface area contributed by atoms with Gasteiger partial charge < -0.3 is 0 Å². The first kappa shape index (κ1) is 18.0. The molecule has 0 saturated carbocycles. The second-order valence-corrected chi connectivity index (χ2v) is 7.74. The Bertz CT molecular complexity index is 1060. The number of nitrogens with zero attached hydrogens (tertiary/aromatic N) is 1. The maximum absolute atomic E-state index is 13.3. The number of anilines is 1. The Kier molecular flexibility index (Phi) is 5.14. The number of amides is 1. The highest BCUT2D eigenvalue weighted by Gasteiger charge is 2.31. The lowest BCUT2D eigenvalue weighted by atomic mass is 10.1. The fraction of sp³-hybridized carbons (Fsp3) is 0. The summed E-state index contributed by atoms with van der Waals surface area (Å²) in [6.45, 7) is 0. The lowest BCUT2D eigenvalue weighted by Crippen LogP contribution is -2.25. The van der Waals surface area contributed by atoms with Gasteiger partial charge in [-0.3, -0.25) is 9.69 Å². The first-order valence-electron chi connectivity index (χ1n) is 8.47. The number of para-hydroxylation sites is 1. The number of carbonyl (C=O) groups excluding carboxylic acids is 1. The zero-order valence-electron chi connectivity index (χ0n) is 14.3. The molecule has 132 valence electrons. The summed E-state index contributed by atoms with van der Waals surface area (Å²) in [6, 6.07) is 25.3. The van der Waals surface area contributed by atoms with E-state index in [1.165, 1.54) is 0 Å². The third kappa shape index (κ3) is 3.70. The van der Waals surface area contributed by atoms with Crippen molar-refractivity contribution in [2.24, 2.45) is 0 Å². The normalized spacial score (nSPS) is 15.3. The maximum atomic E-state index is 13.3. The molecule has 3 aromatic rings. The first-order chi connectivity index (χ1) is 13.1. The van der Waals surface area contributed by atoms with Crippen LogP contribution in [0.15, 0.2) is 90.5 Å². The van der Waals surface area contributed by atoms with Crippen molar-refractivity contribution in [1.29, 1.82) is 0 Å². The molecule has 2 nitrogen and oxygen atoms in total. The molecule has 1 aliphatic rings. The molecule has 1 aliphatic heterocycles. The van der Waals surface area contributed by atoms with Crippen LogP contribution in [0.1, 0.15) is 11.1 Å². The Hall–Kier alpha value is -2.37. The van der Waals surface area contributed by atoms with Gasteiger partial charge in [-0.25, -0.2) is 0 Å². The van der Waals surface area contributed by atoms with Crippen LogP contribution in [0, 0.1) is 3.57 Å². The number of hydrogen-bond acceptors (Lipinski definition) is 1. The van der Waals surface area contributed by atoms with Gasteiger partial charge in [-0.05, 0) is 70.1 Å². The van der Waals surface area contributed by atoms with E-state index in [-0.39, 0.29) is 5.91 Å². The fourth-order valence-electron chi connectivity index (χ4n) is 3.05. The van der Waals surface area contributed by atoms with Gasteiger partial charge in [-0.2, -0.15) is 0 Å². The molecule has 27 heavy (non-hydrogen) atoms. The van der Waals surface area contributed by atoms with Crippen LogP contribution in [0.25, 0.3) is 11.8 Å². The van der Waals surface area contributed by atoms with E-state index in [1.807, 2.05) is 91.0 Å². The number of benzene rings is 3. The number of carbonyl (C=O) groups is 1. The number of rotatable bonds is 3. The summed E-state index contributed by atoms with van der Waals surface area (Å²) in [6.07, 6.45) is 3.87. The van der Waals surface area contributed by atoms with E-state index in [0.717, 1.165) is 26.1 Å². The molecular formula is C23H15ClINO. The van der Waals surface area contributed by atoms with Gasteiger partial charge in [-0.1, -0.05) is 66.2 Å². The molecule has 1 heterocycles. The summed E-state index contributed by atoms with van der Waals surface area (Å²) in [4.78, 5) is 15.1. The van der Waals surface area contributed by atoms with Crippen LogP contribution in [0.4, 0.5) is 5.69 Å². The zero-order chi connectivity index (χ0) is 18.8. The molecule has 0 unspecified atom stereocenters. The lowest BCUT2D eigenvalue weighted by molar-refractivity contribution is -0.113. The highest BCUT2D eigenvalue weighted by Crippen LogP contribution is 2.37. The van der Waals surface area contributed by atoms with Gasteiger partial charge in [0.1, 0.15) is 0 Å². The van der Waals surface area contributed by atoms with Crippen LogP contribution in [0.3, 0.4) is 0 Å². The SMILES string of the molecule is O=C1/C(=C/c2ccccc2)C=C(c2ccc(Cl)cc2)N1c1ccccc1I. The van der Waals surface area contributed by atoms with Gasteiger partial charge >= 0.3 is 0 Å². The monoisotopic (exact) mass is 483 g/mol. The Balaban J connectivity index is 1.85. The molecule has 0 aliphatic carbocycles. The Morgan fingerprint density at radius 2 is 1.52 bits per heavy atom. The maximum Gasteiger partial charge on any atom is 0.262 e. The third-order valence-corrected chi connectivity index (χ3v) is 5.50. The highest BCUT2D eigenvalue weighted by molar-refractivity contribution is 14.1. The van der Waals surface area contributed by atoms with Crippen molar-refractivity contribution in [1.82, 2.24) is 0 Å². The van der Waals surface area contributed by atoms with Gasteiger partial charge in [0, 0.05) is 14.2 Å². The van der Waals surface area contributed by atoms with Gasteiger partial charge in [0.2, 0.25) is 0 Å². The molecule has 0 radical (unpaired) electrons. The van der Waals surface area contributed by atoms with E-state index < -0.39 is 0 Å². The standard InChI is InChI=1S/C23H15ClINO/c24-19-12-10-17(11-13-19)22-15-18(14-16-6-2-1-3-7-16)23(27)26(22)21-9-5-4-8-20(21)25/h1-15H/b18-14+. The highest BCUT2D eigenvalue weighted by atomic mass is 127. The summed E-state index contributed by atoms with van der Waals surface area (Å²) in [5, 5.41) is 0.671. The molecule has 0 N–H and O–H groups in total. The van der Waals surface area contributed by atoms with E-state index in [1.54, 1.807) is 4.90 Å². The Morgan fingerprint density at radius 3 is 2.22 bits per heavy atom. The van der Waals surface area contributed by atoms with Crippen molar-refractivity contribution in [2.75, 3.05) is 4.90 Å². The number of halogens is 2. The summed E-state index contributed by atoms with van der Waals surface area (Å²) in [7, 11) is 0. The van der Waals surface area contributed by atoms with Crippen LogP contribution < -0.4 is 4.90 Å². The van der Waals surface area contributed by atoms with E-state index in [4.69, 9.17) is 11.6 Å². The number of hydrogen-bond donors (Lipinski definition) is 0. The molecule has 0 saturated heterocycles. The van der Waals surface area contributed by atoms with Crippen molar-refractivity contribution >= 4 is 57.6 Å². The van der Waals surface area contributed by atoms with Crippen LogP contribution in [-0.2, 0) is 4.79 Å². The van der Waals surface area contributed by atoms with Crippen LogP contribution in [0.5, 0.6) is 0 Å². The predicted molar refractivity (Wildman–Crippen MR) is 120 cm³/mol. The Labute approximate surface area is 176 Å². The molecule has 1 amide bonds. The van der Waals surface area contributed by atoms with Gasteiger partial charge in [0.15, 0.2) is 0 Å². The van der Waals surface area contributed by atoms with E-state index in [9.17, 15) is 4.79 Å². The summed E-state index contributed by atoms with van der Waals surface area (Å²) >= 11 is 8.31. The quantitative estimate of drug-likeness (QED) is 0.311. The fourth-order valence-corrected chi connectivity index (χ4v) is 3.80. The van der Waals surface area contributed by atoms with E-state index in [2.05, 4.69) is 22.6 Å². The lowest BCUT2D eigenvalue weighted by Gasteiger charge is -2.22. The average molecular weight is 484 g/mol. The van der Waals surface area contributed by atoms with Crippen LogP contribution >= 0.6 is 34.2 Å². The largest absolute Gasteiger partial charge is 0.275 e. The zero-order valence-corrected chi connectivity index (χ0v) is 17.2. The van der Waals surface area contributed by atoms with Gasteiger partial charge in [-0.15, -0.1) is 0 Å². The minimum Gasteiger partial charge on any atom is -0.275 e. The summed E-state index contributed by atoms with van der Waals surface area (Å²) in [5.74, 6) is -0.0343. The predicted octanol–water partition coefficient (Wildman–Crippen LogP) is 6.42. The Morgan fingerprint density at radius 1 is 0.852 bits per heavy atom. The second kappa shape index (κ2) is 7.71. The van der Waals surface area contributed by atoms with Crippen molar-refractivity contribution < 1.29 is 4.79 Å². The van der Waals surface area contributed by atoms with Crippen molar-refractivity contribution in [3.05, 3.63) is 110 Å². The molecule has 0 aromatic heterocycles. The minimum absolute atomic E-state index is 0.0343. The topological polar surface area (TPSA) is 20.3 Å². The molecule has 0 spiro atoms. The minimum atomic E-state index is -0.0343. The molecular weight excluding hydrogens is 469 g/mol. The second-order valence-electron chi connectivity index (χ2n) is 6.14. The van der Waals surface area contributed by atoms with Gasteiger partial charge in [0.05, 0.1) is 11.4 Å². The van der Waals surface area contributed by atoms with Crippen molar-refractivity contribution in [3.63, 3.8) is 0 Å². The molecule has 4 rings (SSSR count). The van der Waals surface area contributed by atoms with Crippen LogP contribution in [0.2, 0.25) is 5.02 Å². The first-order valence-corrected chi connectivity index (χ1v) is 9.92. The average Bonchev–Trinajstić information content (AvgIpc) is 3.00. The molecule has 0 bridgehead atoms. The van der Waals surface area contributed by atoms with E-state index in [0.29, 0.717) is 10.6 Å². The third-order valence-electron chi connectivity index (χ3n) is 4.34. The molecule has 3 aromatic carbocycles. The molecule has 0 fully saturated rings. The van der Waals surface area contributed by atoms with Gasteiger partial charge in [0.25, 0.3) is 5.91 Å².